The second kappa shape index (κ2) is 10.8. The van der Waals surface area contributed by atoms with E-state index < -0.39 is 0 Å². The van der Waals surface area contributed by atoms with Crippen LogP contribution < -0.4 is 5.32 Å². The highest BCUT2D eigenvalue weighted by molar-refractivity contribution is 5.76. The van der Waals surface area contributed by atoms with Crippen LogP contribution >= 0.6 is 0 Å². The second-order valence-corrected chi connectivity index (χ2v) is 10.1. The fraction of sp³-hybridized carbons (Fsp3) is 0.536. The molecule has 3 fully saturated rings. The average Bonchev–Trinajstić information content (AvgIpc) is 3.43. The number of piperazine rings is 1. The molecule has 2 aromatic rings. The van der Waals surface area contributed by atoms with E-state index in [1.807, 2.05) is 0 Å². The van der Waals surface area contributed by atoms with Gasteiger partial charge in [-0.3, -0.25) is 14.6 Å². The third-order valence-electron chi connectivity index (χ3n) is 7.67. The maximum atomic E-state index is 12.3. The smallest absolute Gasteiger partial charge is 0.221 e. The molecule has 3 aliphatic heterocycles. The van der Waals surface area contributed by atoms with Crippen molar-refractivity contribution in [2.45, 2.75) is 63.8 Å². The SMILES string of the molecule is O=C(CCN1CCCCC1)NCc1cccc(CN2C[C@H]3C[C@@H]2CN3Cc2ccccc2)c1. The summed E-state index contributed by atoms with van der Waals surface area (Å²) < 4.78 is 0. The van der Waals surface area contributed by atoms with Crippen LogP contribution in [-0.2, 0) is 24.4 Å². The first-order valence-electron chi connectivity index (χ1n) is 12.8. The van der Waals surface area contributed by atoms with Gasteiger partial charge in [0.15, 0.2) is 0 Å². The maximum Gasteiger partial charge on any atom is 0.221 e. The first kappa shape index (κ1) is 22.6. The third-order valence-corrected chi connectivity index (χ3v) is 7.67. The largest absolute Gasteiger partial charge is 0.352 e. The van der Waals surface area contributed by atoms with Crippen LogP contribution in [0.3, 0.4) is 0 Å². The summed E-state index contributed by atoms with van der Waals surface area (Å²) in [7, 11) is 0. The summed E-state index contributed by atoms with van der Waals surface area (Å²) in [5.41, 5.74) is 3.98. The van der Waals surface area contributed by atoms with Gasteiger partial charge in [-0.25, -0.2) is 0 Å². The predicted octanol–water partition coefficient (Wildman–Crippen LogP) is 3.64. The second-order valence-electron chi connectivity index (χ2n) is 10.1. The molecular formula is C28H38N4O. The molecule has 3 saturated heterocycles. The molecule has 1 amide bonds. The lowest BCUT2D eigenvalue weighted by molar-refractivity contribution is -0.121. The molecule has 3 aliphatic rings. The number of hydrogen-bond acceptors (Lipinski definition) is 4. The molecule has 2 bridgehead atoms. The fourth-order valence-corrected chi connectivity index (χ4v) is 5.84. The Bertz CT molecular complexity index is 911. The Hall–Kier alpha value is -2.21. The van der Waals surface area contributed by atoms with Gasteiger partial charge in [-0.1, -0.05) is 61.0 Å². The lowest BCUT2D eigenvalue weighted by atomic mass is 10.1. The minimum absolute atomic E-state index is 0.168. The molecule has 5 nitrogen and oxygen atoms in total. The van der Waals surface area contributed by atoms with E-state index in [0.29, 0.717) is 25.0 Å². The van der Waals surface area contributed by atoms with Crippen molar-refractivity contribution in [3.05, 3.63) is 71.3 Å². The number of fused-ring (bicyclic) bond motifs is 2. The van der Waals surface area contributed by atoms with E-state index in [-0.39, 0.29) is 5.91 Å². The molecule has 0 aromatic heterocycles. The van der Waals surface area contributed by atoms with Gasteiger partial charge in [0.2, 0.25) is 5.91 Å². The summed E-state index contributed by atoms with van der Waals surface area (Å²) in [6, 6.07) is 21.0. The van der Waals surface area contributed by atoms with Gasteiger partial charge in [-0.15, -0.1) is 0 Å². The number of amides is 1. The van der Waals surface area contributed by atoms with Crippen molar-refractivity contribution in [1.82, 2.24) is 20.0 Å². The van der Waals surface area contributed by atoms with E-state index >= 15 is 0 Å². The van der Waals surface area contributed by atoms with Gasteiger partial charge < -0.3 is 10.2 Å². The van der Waals surface area contributed by atoms with Crippen molar-refractivity contribution in [3.8, 4) is 0 Å². The van der Waals surface area contributed by atoms with E-state index in [1.165, 1.54) is 48.9 Å². The highest BCUT2D eigenvalue weighted by Crippen LogP contribution is 2.33. The van der Waals surface area contributed by atoms with Crippen LogP contribution in [0.1, 0.15) is 48.8 Å². The first-order valence-corrected chi connectivity index (χ1v) is 12.8. The molecule has 1 N–H and O–H groups in total. The van der Waals surface area contributed by atoms with Crippen molar-refractivity contribution >= 4 is 5.91 Å². The van der Waals surface area contributed by atoms with Crippen LogP contribution in [0.15, 0.2) is 54.6 Å². The molecular weight excluding hydrogens is 408 g/mol. The average molecular weight is 447 g/mol. The predicted molar refractivity (Wildman–Crippen MR) is 133 cm³/mol. The van der Waals surface area contributed by atoms with E-state index in [1.54, 1.807) is 0 Å². The molecule has 2 atom stereocenters. The van der Waals surface area contributed by atoms with Crippen molar-refractivity contribution in [3.63, 3.8) is 0 Å². The minimum atomic E-state index is 0.168. The summed E-state index contributed by atoms with van der Waals surface area (Å²) in [6.45, 7) is 8.24. The molecule has 5 rings (SSSR count). The zero-order chi connectivity index (χ0) is 22.5. The number of benzene rings is 2. The lowest BCUT2D eigenvalue weighted by Crippen LogP contribution is -2.45. The first-order chi connectivity index (χ1) is 16.2. The van der Waals surface area contributed by atoms with E-state index in [9.17, 15) is 4.79 Å². The molecule has 33 heavy (non-hydrogen) atoms. The number of hydrogen-bond donors (Lipinski definition) is 1. The molecule has 0 aliphatic carbocycles. The molecule has 3 heterocycles. The lowest BCUT2D eigenvalue weighted by Gasteiger charge is -2.34. The monoisotopic (exact) mass is 446 g/mol. The Kier molecular flexibility index (Phi) is 7.40. The highest BCUT2D eigenvalue weighted by atomic mass is 16.1. The summed E-state index contributed by atoms with van der Waals surface area (Å²) in [5.74, 6) is 0.168. The topological polar surface area (TPSA) is 38.8 Å². The highest BCUT2D eigenvalue weighted by Gasteiger charge is 2.42. The van der Waals surface area contributed by atoms with Gasteiger partial charge in [0.1, 0.15) is 0 Å². The molecule has 0 saturated carbocycles. The van der Waals surface area contributed by atoms with Crippen molar-refractivity contribution in [2.24, 2.45) is 0 Å². The number of nitrogens with zero attached hydrogens (tertiary/aromatic N) is 3. The number of carbonyl (C=O) groups is 1. The summed E-state index contributed by atoms with van der Waals surface area (Å²) in [4.78, 5) is 20.1. The standard InChI is InChI=1S/C28H38N4O/c33-28(12-15-30-13-5-2-6-14-30)29-18-24-10-7-11-25(16-24)20-32-22-26-17-27(32)21-31(26)19-23-8-3-1-4-9-23/h1,3-4,7-11,16,26-27H,2,5-6,12-15,17-22H2,(H,29,33)/t26-,27-/m1/s1. The van der Waals surface area contributed by atoms with Crippen molar-refractivity contribution in [2.75, 3.05) is 32.7 Å². The summed E-state index contributed by atoms with van der Waals surface area (Å²) in [5, 5.41) is 3.13. The van der Waals surface area contributed by atoms with Crippen LogP contribution in [0.4, 0.5) is 0 Å². The molecule has 0 radical (unpaired) electrons. The van der Waals surface area contributed by atoms with Gasteiger partial charge in [0.25, 0.3) is 0 Å². The van der Waals surface area contributed by atoms with E-state index in [2.05, 4.69) is 74.6 Å². The molecule has 5 heteroatoms. The molecule has 0 unspecified atom stereocenters. The Morgan fingerprint density at radius 1 is 0.818 bits per heavy atom. The molecule has 176 valence electrons. The van der Waals surface area contributed by atoms with Crippen molar-refractivity contribution < 1.29 is 4.79 Å². The van der Waals surface area contributed by atoms with Crippen LogP contribution in [-0.4, -0.2) is 65.4 Å². The molecule has 2 aromatic carbocycles. The zero-order valence-electron chi connectivity index (χ0n) is 19.8. The fourth-order valence-electron chi connectivity index (χ4n) is 5.84. The quantitative estimate of drug-likeness (QED) is 0.638. The van der Waals surface area contributed by atoms with Gasteiger partial charge in [-0.2, -0.15) is 0 Å². The minimum Gasteiger partial charge on any atom is -0.352 e. The van der Waals surface area contributed by atoms with E-state index in [4.69, 9.17) is 0 Å². The number of piperidine rings is 1. The Balaban J connectivity index is 1.06. The number of rotatable bonds is 9. The van der Waals surface area contributed by atoms with E-state index in [0.717, 1.165) is 39.3 Å². The van der Waals surface area contributed by atoms with Gasteiger partial charge in [-0.05, 0) is 49.0 Å². The Morgan fingerprint density at radius 2 is 1.48 bits per heavy atom. The zero-order valence-corrected chi connectivity index (χ0v) is 19.8. The van der Waals surface area contributed by atoms with Crippen LogP contribution in [0, 0.1) is 0 Å². The van der Waals surface area contributed by atoms with Crippen LogP contribution in [0.25, 0.3) is 0 Å². The van der Waals surface area contributed by atoms with Gasteiger partial charge in [0.05, 0.1) is 0 Å². The number of carbonyl (C=O) groups excluding carboxylic acids is 1. The van der Waals surface area contributed by atoms with Crippen molar-refractivity contribution in [1.29, 1.82) is 0 Å². The van der Waals surface area contributed by atoms with Crippen LogP contribution in [0.5, 0.6) is 0 Å². The van der Waals surface area contributed by atoms with Gasteiger partial charge >= 0.3 is 0 Å². The number of nitrogens with one attached hydrogen (secondary N) is 1. The molecule has 0 spiro atoms. The van der Waals surface area contributed by atoms with Gasteiger partial charge in [0, 0.05) is 57.8 Å². The summed E-state index contributed by atoms with van der Waals surface area (Å²) in [6.07, 6.45) is 5.79. The Labute approximate surface area is 198 Å². The third kappa shape index (κ3) is 6.03. The Morgan fingerprint density at radius 3 is 2.21 bits per heavy atom. The number of likely N-dealkylation sites (tertiary alicyclic amines) is 3. The normalized spacial score (nSPS) is 23.8. The summed E-state index contributed by atoms with van der Waals surface area (Å²) >= 11 is 0. The van der Waals surface area contributed by atoms with Crippen LogP contribution in [0.2, 0.25) is 0 Å². The maximum absolute atomic E-state index is 12.3.